The summed E-state index contributed by atoms with van der Waals surface area (Å²) in [5.74, 6) is 1.21. The topological polar surface area (TPSA) is 79.3 Å². The van der Waals surface area contributed by atoms with Gasteiger partial charge >= 0.3 is 0 Å². The molecule has 0 radical (unpaired) electrons. The summed E-state index contributed by atoms with van der Waals surface area (Å²) in [6.07, 6.45) is 2.46. The first-order valence-corrected chi connectivity index (χ1v) is 7.78. The van der Waals surface area contributed by atoms with Crippen LogP contribution in [0.4, 0.5) is 0 Å². The van der Waals surface area contributed by atoms with E-state index in [0.717, 1.165) is 10.5 Å². The SMILES string of the molecule is CSc1cccc(Oc2ccccc2CCO)c1C(=N)N. The van der Waals surface area contributed by atoms with Gasteiger partial charge in [-0.1, -0.05) is 24.3 Å². The van der Waals surface area contributed by atoms with Gasteiger partial charge in [-0.15, -0.1) is 11.8 Å². The van der Waals surface area contributed by atoms with E-state index < -0.39 is 0 Å². The van der Waals surface area contributed by atoms with Gasteiger partial charge in [-0.25, -0.2) is 0 Å². The molecule has 0 amide bonds. The first kappa shape index (κ1) is 15.4. The molecule has 0 aliphatic heterocycles. The Kier molecular flexibility index (Phi) is 5.25. The van der Waals surface area contributed by atoms with Crippen molar-refractivity contribution in [2.24, 2.45) is 5.73 Å². The summed E-state index contributed by atoms with van der Waals surface area (Å²) in [4.78, 5) is 0.902. The fraction of sp³-hybridized carbons (Fsp3) is 0.188. The number of thioether (sulfide) groups is 1. The number of rotatable bonds is 6. The van der Waals surface area contributed by atoms with Gasteiger partial charge in [0.15, 0.2) is 0 Å². The zero-order chi connectivity index (χ0) is 15.2. The Bertz CT molecular complexity index is 644. The van der Waals surface area contributed by atoms with E-state index in [1.165, 1.54) is 11.8 Å². The van der Waals surface area contributed by atoms with Crippen molar-refractivity contribution < 1.29 is 9.84 Å². The molecule has 0 bridgehead atoms. The highest BCUT2D eigenvalue weighted by Crippen LogP contribution is 2.33. The summed E-state index contributed by atoms with van der Waals surface area (Å²) in [6.45, 7) is 0.0603. The molecule has 4 nitrogen and oxygen atoms in total. The summed E-state index contributed by atoms with van der Waals surface area (Å²) in [6, 6.07) is 13.1. The van der Waals surface area contributed by atoms with Gasteiger partial charge in [0.1, 0.15) is 17.3 Å². The fourth-order valence-electron chi connectivity index (χ4n) is 2.08. The molecule has 0 spiro atoms. The lowest BCUT2D eigenvalue weighted by Crippen LogP contribution is -2.13. The van der Waals surface area contributed by atoms with Crippen LogP contribution in [-0.2, 0) is 6.42 Å². The maximum atomic E-state index is 9.12. The molecule has 0 unspecified atom stereocenters. The molecule has 0 saturated carbocycles. The molecule has 0 heterocycles. The fourth-order valence-corrected chi connectivity index (χ4v) is 2.71. The van der Waals surface area contributed by atoms with Crippen molar-refractivity contribution in [3.8, 4) is 11.5 Å². The molecule has 0 aliphatic rings. The molecule has 2 aromatic rings. The average molecular weight is 302 g/mol. The van der Waals surface area contributed by atoms with E-state index >= 15 is 0 Å². The first-order chi connectivity index (χ1) is 10.2. The summed E-state index contributed by atoms with van der Waals surface area (Å²) >= 11 is 1.52. The van der Waals surface area contributed by atoms with E-state index in [0.29, 0.717) is 23.5 Å². The third kappa shape index (κ3) is 3.56. The molecule has 0 saturated heterocycles. The second kappa shape index (κ2) is 7.15. The van der Waals surface area contributed by atoms with Crippen molar-refractivity contribution in [1.82, 2.24) is 0 Å². The number of nitrogens with two attached hydrogens (primary N) is 1. The minimum atomic E-state index is -0.0189. The quantitative estimate of drug-likeness (QED) is 0.435. The van der Waals surface area contributed by atoms with Gasteiger partial charge in [-0.3, -0.25) is 5.41 Å². The molecule has 0 atom stereocenters. The lowest BCUT2D eigenvalue weighted by Gasteiger charge is -2.15. The van der Waals surface area contributed by atoms with Crippen LogP contribution in [0, 0.1) is 5.41 Å². The van der Waals surface area contributed by atoms with Crippen LogP contribution in [0.25, 0.3) is 0 Å². The number of hydrogen-bond donors (Lipinski definition) is 3. The van der Waals surface area contributed by atoms with Crippen LogP contribution in [0.3, 0.4) is 0 Å². The highest BCUT2D eigenvalue weighted by Gasteiger charge is 2.14. The Balaban J connectivity index is 2.42. The van der Waals surface area contributed by atoms with Gasteiger partial charge in [-0.2, -0.15) is 0 Å². The number of aliphatic hydroxyl groups excluding tert-OH is 1. The van der Waals surface area contributed by atoms with Crippen LogP contribution in [0.2, 0.25) is 0 Å². The maximum absolute atomic E-state index is 9.12. The average Bonchev–Trinajstić information content (AvgIpc) is 2.49. The molecular weight excluding hydrogens is 284 g/mol. The van der Waals surface area contributed by atoms with Gasteiger partial charge in [0.05, 0.1) is 5.56 Å². The van der Waals surface area contributed by atoms with Crippen LogP contribution in [0.5, 0.6) is 11.5 Å². The van der Waals surface area contributed by atoms with E-state index in [1.807, 2.05) is 42.7 Å². The molecule has 4 N–H and O–H groups in total. The third-order valence-electron chi connectivity index (χ3n) is 3.05. The van der Waals surface area contributed by atoms with Gasteiger partial charge in [0.2, 0.25) is 0 Å². The number of amidine groups is 1. The highest BCUT2D eigenvalue weighted by molar-refractivity contribution is 7.98. The second-order valence-corrected chi connectivity index (χ2v) is 5.28. The van der Waals surface area contributed by atoms with Crippen LogP contribution < -0.4 is 10.5 Å². The minimum Gasteiger partial charge on any atom is -0.456 e. The third-order valence-corrected chi connectivity index (χ3v) is 3.83. The van der Waals surface area contributed by atoms with Crippen LogP contribution >= 0.6 is 11.8 Å². The lowest BCUT2D eigenvalue weighted by molar-refractivity contribution is 0.298. The molecule has 5 heteroatoms. The Labute approximate surface area is 128 Å². The van der Waals surface area contributed by atoms with Crippen LogP contribution in [-0.4, -0.2) is 23.8 Å². The number of benzene rings is 2. The van der Waals surface area contributed by atoms with Crippen molar-refractivity contribution in [3.63, 3.8) is 0 Å². The van der Waals surface area contributed by atoms with Crippen molar-refractivity contribution in [2.75, 3.05) is 12.9 Å². The van der Waals surface area contributed by atoms with Gasteiger partial charge in [0.25, 0.3) is 0 Å². The Morgan fingerprint density at radius 1 is 1.19 bits per heavy atom. The summed E-state index contributed by atoms with van der Waals surface area (Å²) in [5, 5.41) is 16.9. The molecule has 110 valence electrons. The minimum absolute atomic E-state index is 0.0189. The van der Waals surface area contributed by atoms with Crippen LogP contribution in [0.15, 0.2) is 47.4 Å². The highest BCUT2D eigenvalue weighted by atomic mass is 32.2. The zero-order valence-electron chi connectivity index (χ0n) is 11.8. The first-order valence-electron chi connectivity index (χ1n) is 6.55. The largest absolute Gasteiger partial charge is 0.456 e. The van der Waals surface area contributed by atoms with E-state index in [4.69, 9.17) is 21.0 Å². The number of nitrogens with one attached hydrogen (secondary N) is 1. The Morgan fingerprint density at radius 2 is 1.90 bits per heavy atom. The van der Waals surface area contributed by atoms with Crippen molar-refractivity contribution >= 4 is 17.6 Å². The predicted molar refractivity (Wildman–Crippen MR) is 86.5 cm³/mol. The second-order valence-electron chi connectivity index (χ2n) is 4.43. The molecule has 21 heavy (non-hydrogen) atoms. The Hall–Kier alpha value is -1.98. The molecule has 2 rings (SSSR count). The van der Waals surface area contributed by atoms with E-state index in [2.05, 4.69) is 0 Å². The smallest absolute Gasteiger partial charge is 0.139 e. The molecule has 2 aromatic carbocycles. The van der Waals surface area contributed by atoms with Gasteiger partial charge in [-0.05, 0) is 36.4 Å². The maximum Gasteiger partial charge on any atom is 0.139 e. The number of ether oxygens (including phenoxy) is 1. The normalized spacial score (nSPS) is 10.4. The molecule has 0 aromatic heterocycles. The van der Waals surface area contributed by atoms with E-state index in [1.54, 1.807) is 6.07 Å². The van der Waals surface area contributed by atoms with Crippen LogP contribution in [0.1, 0.15) is 11.1 Å². The van der Waals surface area contributed by atoms with Gasteiger partial charge in [0, 0.05) is 11.5 Å². The summed E-state index contributed by atoms with van der Waals surface area (Å²) in [5.41, 5.74) is 7.21. The predicted octanol–water partition coefficient (Wildman–Crippen LogP) is 3.02. The summed E-state index contributed by atoms with van der Waals surface area (Å²) < 4.78 is 5.95. The lowest BCUT2D eigenvalue weighted by atomic mass is 10.1. The molecule has 0 aliphatic carbocycles. The van der Waals surface area contributed by atoms with Gasteiger partial charge < -0.3 is 15.6 Å². The Morgan fingerprint density at radius 3 is 2.57 bits per heavy atom. The number of nitrogen functional groups attached to an aromatic ring is 1. The van der Waals surface area contributed by atoms with E-state index in [-0.39, 0.29) is 12.4 Å². The summed E-state index contributed by atoms with van der Waals surface area (Å²) in [7, 11) is 0. The number of hydrogen-bond acceptors (Lipinski definition) is 4. The monoisotopic (exact) mass is 302 g/mol. The molecule has 0 fully saturated rings. The molecular formula is C16H18N2O2S. The van der Waals surface area contributed by atoms with Crippen molar-refractivity contribution in [3.05, 3.63) is 53.6 Å². The zero-order valence-corrected chi connectivity index (χ0v) is 12.6. The standard InChI is InChI=1S/C16H18N2O2S/c1-21-14-8-4-7-13(15(14)16(17)18)20-12-6-3-2-5-11(12)9-10-19/h2-8,19H,9-10H2,1H3,(H3,17,18). The van der Waals surface area contributed by atoms with Crippen molar-refractivity contribution in [1.29, 1.82) is 5.41 Å². The number of aliphatic hydroxyl groups is 1. The number of para-hydroxylation sites is 1. The van der Waals surface area contributed by atoms with Crippen molar-refractivity contribution in [2.45, 2.75) is 11.3 Å². The van der Waals surface area contributed by atoms with E-state index in [9.17, 15) is 0 Å².